The highest BCUT2D eigenvalue weighted by Gasteiger charge is 2.19. The van der Waals surface area contributed by atoms with Crippen LogP contribution in [0.3, 0.4) is 0 Å². The van der Waals surface area contributed by atoms with E-state index in [0.29, 0.717) is 0 Å². The molecule has 0 heterocycles. The van der Waals surface area contributed by atoms with Crippen molar-refractivity contribution in [2.24, 2.45) is 17.2 Å². The third kappa shape index (κ3) is 12.6. The zero-order chi connectivity index (χ0) is 10.4. The van der Waals surface area contributed by atoms with Gasteiger partial charge in [0.1, 0.15) is 0 Å². The maximum atomic E-state index is 8.74. The fraction of sp³-hybridized carbons (Fsp3) is 1.00. The zero-order valence-electron chi connectivity index (χ0n) is 6.77. The Kier molecular flexibility index (Phi) is 7.86. The molecule has 1 unspecified atom stereocenters. The minimum Gasteiger partial charge on any atom is -0.395 e. The second-order valence-electron chi connectivity index (χ2n) is 2.44. The molecule has 1 atom stereocenters. The van der Waals surface area contributed by atoms with Gasteiger partial charge in [0, 0.05) is 0 Å². The van der Waals surface area contributed by atoms with Gasteiger partial charge in [0.2, 0.25) is 0 Å². The molecule has 12 heavy (non-hydrogen) atoms. The Hall–Kier alpha value is -0.0100. The summed E-state index contributed by atoms with van der Waals surface area (Å²) in [7, 11) is -3.13. The molecule has 0 amide bonds. The van der Waals surface area contributed by atoms with Crippen LogP contribution in [0.1, 0.15) is 6.92 Å². The molecular formula is C4H16N3O4P. The molecule has 0 aromatic heterocycles. The molecule has 0 aromatic rings. The van der Waals surface area contributed by atoms with Gasteiger partial charge in [-0.25, -0.2) is 0 Å². The van der Waals surface area contributed by atoms with E-state index in [1.807, 2.05) is 0 Å². The van der Waals surface area contributed by atoms with Gasteiger partial charge in [-0.05, 0) is 6.92 Å². The van der Waals surface area contributed by atoms with Crippen LogP contribution in [-0.4, -0.2) is 33.2 Å². The van der Waals surface area contributed by atoms with Crippen LogP contribution in [-0.2, 0) is 4.57 Å². The summed E-state index contributed by atoms with van der Waals surface area (Å²) < 4.78 is 8.74. The molecule has 0 rings (SSSR count). The van der Waals surface area contributed by atoms with Gasteiger partial charge in [-0.2, -0.15) is 0 Å². The highest BCUT2D eigenvalue weighted by Crippen LogP contribution is 1.98. The van der Waals surface area contributed by atoms with E-state index in [0.717, 1.165) is 0 Å². The number of hydrogen-bond acceptors (Lipinski definition) is 5. The van der Waals surface area contributed by atoms with Crippen molar-refractivity contribution in [3.05, 3.63) is 0 Å². The summed E-state index contributed by atoms with van der Waals surface area (Å²) in [5.41, 5.74) is 14.9. The number of nitrogens with two attached hydrogens (primary N) is 3. The van der Waals surface area contributed by atoms with Crippen molar-refractivity contribution >= 4 is 8.25 Å². The summed E-state index contributed by atoms with van der Waals surface area (Å²) in [4.78, 5) is 14.3. The van der Waals surface area contributed by atoms with Gasteiger partial charge in [0.25, 0.3) is 0 Å². The minimum absolute atomic E-state index is 0.177. The third-order valence-electron chi connectivity index (χ3n) is 0.996. The molecule has 0 saturated heterocycles. The van der Waals surface area contributed by atoms with E-state index in [4.69, 9.17) is 36.7 Å². The van der Waals surface area contributed by atoms with Crippen LogP contribution in [0.25, 0.3) is 0 Å². The summed E-state index contributed by atoms with van der Waals surface area (Å²) in [6.45, 7) is 1.39. The molecule has 7 nitrogen and oxygen atoms in total. The number of aliphatic hydroxyl groups is 1. The summed E-state index contributed by atoms with van der Waals surface area (Å²) in [6.07, 6.45) is 0. The van der Waals surface area contributed by atoms with Crippen LogP contribution in [0.5, 0.6) is 0 Å². The van der Waals surface area contributed by atoms with Crippen LogP contribution in [0.2, 0.25) is 0 Å². The van der Waals surface area contributed by atoms with E-state index in [1.54, 1.807) is 6.92 Å². The van der Waals surface area contributed by atoms with Crippen molar-refractivity contribution < 1.29 is 19.5 Å². The van der Waals surface area contributed by atoms with E-state index in [2.05, 4.69) is 0 Å². The molecule has 0 spiro atoms. The van der Waals surface area contributed by atoms with Crippen LogP contribution in [0.4, 0.5) is 0 Å². The quantitative estimate of drug-likeness (QED) is 0.209. The highest BCUT2D eigenvalue weighted by atomic mass is 31.1. The second kappa shape index (κ2) is 6.50. The van der Waals surface area contributed by atoms with E-state index in [9.17, 15) is 0 Å². The molecular weight excluding hydrogens is 185 g/mol. The Morgan fingerprint density at radius 3 is 1.75 bits per heavy atom. The molecule has 9 N–H and O–H groups in total. The first-order valence-electron chi connectivity index (χ1n) is 3.08. The Balaban J connectivity index is 0. The summed E-state index contributed by atoms with van der Waals surface area (Å²) >= 11 is 0. The molecule has 0 aromatic carbocycles. The van der Waals surface area contributed by atoms with Crippen molar-refractivity contribution in [3.8, 4) is 0 Å². The predicted molar refractivity (Wildman–Crippen MR) is 45.3 cm³/mol. The average molecular weight is 201 g/mol. The van der Waals surface area contributed by atoms with Crippen LogP contribution in [0, 0.1) is 0 Å². The van der Waals surface area contributed by atoms with Gasteiger partial charge in [-0.15, -0.1) is 0 Å². The van der Waals surface area contributed by atoms with Gasteiger partial charge in [0.15, 0.2) is 0 Å². The zero-order valence-corrected chi connectivity index (χ0v) is 7.77. The Labute approximate surface area is 71.1 Å². The van der Waals surface area contributed by atoms with Crippen molar-refractivity contribution in [1.29, 1.82) is 0 Å². The lowest BCUT2D eigenvalue weighted by atomic mass is 10.1. The number of aliphatic hydroxyl groups excluding tert-OH is 1. The summed E-state index contributed by atoms with van der Waals surface area (Å²) in [5, 5.41) is 8.39. The van der Waals surface area contributed by atoms with Gasteiger partial charge < -0.3 is 32.1 Å². The fourth-order valence-corrected chi connectivity index (χ4v) is 0.197. The predicted octanol–water partition coefficient (Wildman–Crippen LogP) is -2.70. The largest absolute Gasteiger partial charge is 0.395 e. The normalized spacial score (nSPS) is 13.7. The Morgan fingerprint density at radius 2 is 1.75 bits per heavy atom. The van der Waals surface area contributed by atoms with Crippen LogP contribution < -0.4 is 17.2 Å². The molecule has 0 bridgehead atoms. The van der Waals surface area contributed by atoms with Crippen LogP contribution >= 0.6 is 8.25 Å². The average Bonchev–Trinajstić information content (AvgIpc) is 1.82. The number of hydrogen-bond donors (Lipinski definition) is 6. The standard InChI is InChI=1S/C4H13N3O.H3O3P/c1-4(6,7)3(5)2-8;1-4(2)3/h3,8H,2,5-7H2,1H3;4H,(H2,1,2,3). The molecule has 0 aliphatic carbocycles. The molecule has 0 radical (unpaired) electrons. The summed E-state index contributed by atoms with van der Waals surface area (Å²) in [5.74, 6) is 0. The van der Waals surface area contributed by atoms with Crippen molar-refractivity contribution in [2.75, 3.05) is 6.61 Å². The first kappa shape index (κ1) is 14.5. The summed E-state index contributed by atoms with van der Waals surface area (Å²) in [6, 6.07) is -0.539. The molecule has 8 heteroatoms. The first-order chi connectivity index (χ1) is 5.21. The number of rotatable bonds is 2. The molecule has 76 valence electrons. The lowest BCUT2D eigenvalue weighted by Gasteiger charge is -2.24. The van der Waals surface area contributed by atoms with E-state index in [-0.39, 0.29) is 6.61 Å². The highest BCUT2D eigenvalue weighted by molar-refractivity contribution is 7.30. The van der Waals surface area contributed by atoms with Gasteiger partial charge in [-0.1, -0.05) is 0 Å². The Morgan fingerprint density at radius 1 is 1.50 bits per heavy atom. The van der Waals surface area contributed by atoms with Crippen molar-refractivity contribution in [3.63, 3.8) is 0 Å². The lowest BCUT2D eigenvalue weighted by Crippen LogP contribution is -2.61. The van der Waals surface area contributed by atoms with Gasteiger partial charge >= 0.3 is 8.25 Å². The lowest BCUT2D eigenvalue weighted by molar-refractivity contribution is 0.216. The molecule has 0 fully saturated rings. The molecule has 0 aliphatic rings. The van der Waals surface area contributed by atoms with E-state index >= 15 is 0 Å². The van der Waals surface area contributed by atoms with Crippen molar-refractivity contribution in [2.45, 2.75) is 18.6 Å². The fourth-order valence-electron chi connectivity index (χ4n) is 0.197. The monoisotopic (exact) mass is 201 g/mol. The SMILES string of the molecule is CC(N)(N)C(N)CO.O=[PH](O)O. The first-order valence-corrected chi connectivity index (χ1v) is 4.38. The Bertz CT molecular complexity index is 133. The minimum atomic E-state index is -3.13. The van der Waals surface area contributed by atoms with E-state index in [1.165, 1.54) is 0 Å². The van der Waals surface area contributed by atoms with Crippen LogP contribution in [0.15, 0.2) is 0 Å². The smallest absolute Gasteiger partial charge is 0.314 e. The molecule has 0 aliphatic heterocycles. The van der Waals surface area contributed by atoms with Gasteiger partial charge in [-0.3, -0.25) is 4.57 Å². The van der Waals surface area contributed by atoms with Gasteiger partial charge in [0.05, 0.1) is 18.3 Å². The maximum absolute atomic E-state index is 8.74. The second-order valence-corrected chi connectivity index (χ2v) is 3.00. The maximum Gasteiger partial charge on any atom is 0.314 e. The molecule has 0 saturated carbocycles. The van der Waals surface area contributed by atoms with Crippen molar-refractivity contribution in [1.82, 2.24) is 0 Å². The topological polar surface area (TPSA) is 156 Å². The third-order valence-corrected chi connectivity index (χ3v) is 0.996. The van der Waals surface area contributed by atoms with E-state index < -0.39 is 20.0 Å².